The van der Waals surface area contributed by atoms with Gasteiger partial charge in [0.1, 0.15) is 11.6 Å². The van der Waals surface area contributed by atoms with Crippen LogP contribution in [0.3, 0.4) is 0 Å². The Kier molecular flexibility index (Phi) is 2.20. The predicted molar refractivity (Wildman–Crippen MR) is 76.3 cm³/mol. The molecule has 0 amide bonds. The summed E-state index contributed by atoms with van der Waals surface area (Å²) in [4.78, 5) is 16.4. The largest absolute Gasteiger partial charge is 0.508 e. The lowest BCUT2D eigenvalue weighted by molar-refractivity contribution is 0.476. The first-order valence-corrected chi connectivity index (χ1v) is 6.20. The molecule has 2 N–H and O–H groups in total. The van der Waals surface area contributed by atoms with E-state index in [4.69, 9.17) is 0 Å². The molecule has 0 saturated heterocycles. The molecule has 0 fully saturated rings. The molecule has 4 aromatic rings. The fraction of sp³-hybridized carbons (Fsp3) is 0. The van der Waals surface area contributed by atoms with Gasteiger partial charge in [0.2, 0.25) is 0 Å². The van der Waals surface area contributed by atoms with E-state index in [-0.39, 0.29) is 5.75 Å². The second-order valence-electron chi connectivity index (χ2n) is 4.52. The average molecular weight is 262 g/mol. The Labute approximate surface area is 114 Å². The van der Waals surface area contributed by atoms with Crippen LogP contribution in [0.2, 0.25) is 0 Å². The fourth-order valence-electron chi connectivity index (χ4n) is 2.31. The highest BCUT2D eigenvalue weighted by Gasteiger charge is 2.10. The highest BCUT2D eigenvalue weighted by atomic mass is 16.3. The van der Waals surface area contributed by atoms with Crippen molar-refractivity contribution in [3.8, 4) is 17.1 Å². The molecule has 2 aromatic carbocycles. The third kappa shape index (κ3) is 1.60. The lowest BCUT2D eigenvalue weighted by Gasteiger charge is -2.01. The smallest absolute Gasteiger partial charge is 0.140 e. The minimum Gasteiger partial charge on any atom is -0.508 e. The molecule has 0 aliphatic rings. The van der Waals surface area contributed by atoms with E-state index < -0.39 is 0 Å². The average Bonchev–Trinajstić information content (AvgIpc) is 2.89. The molecule has 0 aliphatic heterocycles. The molecule has 5 heteroatoms. The van der Waals surface area contributed by atoms with Crippen LogP contribution in [0, 0.1) is 0 Å². The molecule has 0 atom stereocenters. The van der Waals surface area contributed by atoms with Gasteiger partial charge in [0, 0.05) is 24.0 Å². The molecule has 96 valence electrons. The number of phenolic OH excluding ortho intramolecular Hbond substituents is 1. The monoisotopic (exact) mass is 262 g/mol. The summed E-state index contributed by atoms with van der Waals surface area (Å²) in [7, 11) is 0. The highest BCUT2D eigenvalue weighted by Crippen LogP contribution is 2.27. The van der Waals surface area contributed by atoms with Gasteiger partial charge in [-0.05, 0) is 24.3 Å². The van der Waals surface area contributed by atoms with Crippen molar-refractivity contribution in [1.82, 2.24) is 19.9 Å². The SMILES string of the molecule is Oc1ccc2nc(-c3cccc4nccnc34)[nH]c2c1. The maximum absolute atomic E-state index is 9.51. The van der Waals surface area contributed by atoms with Crippen molar-refractivity contribution < 1.29 is 5.11 Å². The number of hydrogen-bond acceptors (Lipinski definition) is 4. The topological polar surface area (TPSA) is 74.7 Å². The van der Waals surface area contributed by atoms with Crippen LogP contribution in [0.5, 0.6) is 5.75 Å². The summed E-state index contributed by atoms with van der Waals surface area (Å²) >= 11 is 0. The number of benzene rings is 2. The van der Waals surface area contributed by atoms with Gasteiger partial charge in [0.05, 0.1) is 22.1 Å². The van der Waals surface area contributed by atoms with Crippen molar-refractivity contribution in [2.24, 2.45) is 0 Å². The van der Waals surface area contributed by atoms with Crippen LogP contribution in [-0.2, 0) is 0 Å². The van der Waals surface area contributed by atoms with E-state index in [2.05, 4.69) is 19.9 Å². The van der Waals surface area contributed by atoms with Crippen LogP contribution >= 0.6 is 0 Å². The normalized spacial score (nSPS) is 11.2. The first kappa shape index (κ1) is 10.9. The zero-order valence-electron chi connectivity index (χ0n) is 10.4. The van der Waals surface area contributed by atoms with Crippen molar-refractivity contribution in [2.75, 3.05) is 0 Å². The van der Waals surface area contributed by atoms with Gasteiger partial charge in [-0.3, -0.25) is 9.97 Å². The van der Waals surface area contributed by atoms with E-state index in [0.717, 1.165) is 33.5 Å². The van der Waals surface area contributed by atoms with Crippen LogP contribution in [0.15, 0.2) is 48.8 Å². The Morgan fingerprint density at radius 2 is 1.85 bits per heavy atom. The molecule has 0 saturated carbocycles. The van der Waals surface area contributed by atoms with E-state index >= 15 is 0 Å². The standard InChI is InChI=1S/C15H10N4O/c20-9-4-5-11-13(8-9)19-15(18-11)10-2-1-3-12-14(10)17-7-6-16-12/h1-8,20H,(H,18,19). The van der Waals surface area contributed by atoms with Crippen LogP contribution in [0.4, 0.5) is 0 Å². The molecule has 0 aliphatic carbocycles. The van der Waals surface area contributed by atoms with E-state index in [0.29, 0.717) is 0 Å². The van der Waals surface area contributed by atoms with Crippen LogP contribution < -0.4 is 0 Å². The maximum atomic E-state index is 9.51. The quantitative estimate of drug-likeness (QED) is 0.553. The Balaban J connectivity index is 2.01. The van der Waals surface area contributed by atoms with Gasteiger partial charge in [0.15, 0.2) is 0 Å². The van der Waals surface area contributed by atoms with E-state index in [1.807, 2.05) is 18.2 Å². The maximum Gasteiger partial charge on any atom is 0.140 e. The summed E-state index contributed by atoms with van der Waals surface area (Å²) < 4.78 is 0. The van der Waals surface area contributed by atoms with Crippen molar-refractivity contribution in [2.45, 2.75) is 0 Å². The zero-order chi connectivity index (χ0) is 13.5. The number of imidazole rings is 1. The molecular weight excluding hydrogens is 252 g/mol. The third-order valence-electron chi connectivity index (χ3n) is 3.22. The number of nitrogens with zero attached hydrogens (tertiary/aromatic N) is 3. The summed E-state index contributed by atoms with van der Waals surface area (Å²) in [6.07, 6.45) is 3.34. The van der Waals surface area contributed by atoms with Crippen LogP contribution in [0.25, 0.3) is 33.5 Å². The number of para-hydroxylation sites is 1. The first-order valence-electron chi connectivity index (χ1n) is 6.20. The predicted octanol–water partition coefficient (Wildman–Crippen LogP) is 2.88. The molecule has 20 heavy (non-hydrogen) atoms. The minimum atomic E-state index is 0.213. The van der Waals surface area contributed by atoms with Crippen molar-refractivity contribution in [3.05, 3.63) is 48.8 Å². The number of nitrogens with one attached hydrogen (secondary N) is 1. The summed E-state index contributed by atoms with van der Waals surface area (Å²) in [5.74, 6) is 0.933. The zero-order valence-corrected chi connectivity index (χ0v) is 10.4. The Morgan fingerprint density at radius 1 is 0.950 bits per heavy atom. The fourth-order valence-corrected chi connectivity index (χ4v) is 2.31. The molecular formula is C15H10N4O. The minimum absolute atomic E-state index is 0.213. The van der Waals surface area contributed by atoms with Gasteiger partial charge in [0.25, 0.3) is 0 Å². The molecule has 2 aromatic heterocycles. The van der Waals surface area contributed by atoms with Gasteiger partial charge in [-0.25, -0.2) is 4.98 Å². The van der Waals surface area contributed by atoms with Gasteiger partial charge in [-0.2, -0.15) is 0 Å². The lowest BCUT2D eigenvalue weighted by atomic mass is 10.1. The Hall–Kier alpha value is -2.95. The lowest BCUT2D eigenvalue weighted by Crippen LogP contribution is -1.87. The molecule has 0 bridgehead atoms. The van der Waals surface area contributed by atoms with Gasteiger partial charge in [-0.15, -0.1) is 0 Å². The molecule has 5 nitrogen and oxygen atoms in total. The number of H-pyrrole nitrogens is 1. The Bertz CT molecular complexity index is 924. The number of phenols is 1. The molecule has 0 unspecified atom stereocenters. The number of aromatic nitrogens is 4. The van der Waals surface area contributed by atoms with Crippen LogP contribution in [-0.4, -0.2) is 25.0 Å². The first-order chi connectivity index (χ1) is 9.81. The number of aromatic hydroxyl groups is 1. The summed E-state index contributed by atoms with van der Waals surface area (Å²) in [6, 6.07) is 10.9. The number of hydrogen-bond donors (Lipinski definition) is 2. The molecule has 4 rings (SSSR count). The van der Waals surface area contributed by atoms with Crippen LogP contribution in [0.1, 0.15) is 0 Å². The Morgan fingerprint density at radius 3 is 2.80 bits per heavy atom. The van der Waals surface area contributed by atoms with Gasteiger partial charge >= 0.3 is 0 Å². The number of rotatable bonds is 1. The summed E-state index contributed by atoms with van der Waals surface area (Å²) in [5.41, 5.74) is 4.12. The second kappa shape index (κ2) is 4.03. The number of aromatic amines is 1. The van der Waals surface area contributed by atoms with Gasteiger partial charge in [-0.1, -0.05) is 6.07 Å². The summed E-state index contributed by atoms with van der Waals surface area (Å²) in [6.45, 7) is 0. The van der Waals surface area contributed by atoms with Crippen molar-refractivity contribution in [1.29, 1.82) is 0 Å². The number of fused-ring (bicyclic) bond motifs is 2. The van der Waals surface area contributed by atoms with Crippen molar-refractivity contribution >= 4 is 22.1 Å². The van der Waals surface area contributed by atoms with E-state index in [9.17, 15) is 5.11 Å². The van der Waals surface area contributed by atoms with E-state index in [1.165, 1.54) is 0 Å². The van der Waals surface area contributed by atoms with E-state index in [1.54, 1.807) is 30.6 Å². The third-order valence-corrected chi connectivity index (χ3v) is 3.22. The molecule has 0 radical (unpaired) electrons. The molecule has 0 spiro atoms. The van der Waals surface area contributed by atoms with Gasteiger partial charge < -0.3 is 10.1 Å². The van der Waals surface area contributed by atoms with Crippen molar-refractivity contribution in [3.63, 3.8) is 0 Å². The summed E-state index contributed by atoms with van der Waals surface area (Å²) in [5, 5.41) is 9.51. The second-order valence-corrected chi connectivity index (χ2v) is 4.52. The molecule has 2 heterocycles. The highest BCUT2D eigenvalue weighted by molar-refractivity contribution is 5.91.